The fraction of sp³-hybridized carbons (Fsp3) is 0.427. The molecule has 5 fully saturated rings. The number of nitrogens with two attached hydrogens (primary N) is 1. The highest BCUT2D eigenvalue weighted by molar-refractivity contribution is 9.11. The normalized spacial score (nSPS) is 14.6. The number of ether oxygens (including phenoxy) is 11. The Kier molecular flexibility index (Phi) is 41.3. The maximum atomic E-state index is 12.9. The van der Waals surface area contributed by atoms with Crippen LogP contribution in [0, 0.1) is 35.4 Å². The van der Waals surface area contributed by atoms with Crippen molar-refractivity contribution in [2.45, 2.75) is 90.6 Å². The van der Waals surface area contributed by atoms with Gasteiger partial charge >= 0.3 is 18.0 Å². The van der Waals surface area contributed by atoms with Gasteiger partial charge in [0, 0.05) is 170 Å². The molecule has 15 aromatic rings. The number of amides is 2. The van der Waals surface area contributed by atoms with Gasteiger partial charge in [0.05, 0.1) is 102 Å². The number of aryl methyl sites for hydroxylation is 6. The number of carboxylic acids is 1. The molecule has 0 aromatic carbocycles. The Bertz CT molecular complexity index is 6680. The molecule has 0 aliphatic carbocycles. The molecule has 5 aliphatic rings. The molecule has 20 heterocycles. The number of aliphatic hydroxyl groups excluding tert-OH is 1. The summed E-state index contributed by atoms with van der Waals surface area (Å²) in [5.74, 6) is 2.06. The molecule has 0 atom stereocenters. The average Bonchev–Trinajstić information content (AvgIpc) is 1.67. The minimum absolute atomic E-state index is 0.0810. The summed E-state index contributed by atoms with van der Waals surface area (Å²) < 4.78 is 85.9. The molecular formula is C96H115Br4FN24O19. The molecule has 768 valence electrons. The number of fused-ring (bicyclic) bond motifs is 6. The van der Waals surface area contributed by atoms with Crippen molar-refractivity contribution in [1.29, 1.82) is 0 Å². The van der Waals surface area contributed by atoms with Crippen LogP contribution in [-0.2, 0) is 75.4 Å². The summed E-state index contributed by atoms with van der Waals surface area (Å²) in [4.78, 5) is 104. The van der Waals surface area contributed by atoms with E-state index in [0.717, 1.165) is 194 Å². The van der Waals surface area contributed by atoms with Crippen LogP contribution in [0.1, 0.15) is 116 Å². The van der Waals surface area contributed by atoms with Crippen LogP contribution in [0.25, 0.3) is 66.2 Å². The molecular weight excluding hydrogens is 2130 g/mol. The summed E-state index contributed by atoms with van der Waals surface area (Å²) in [6.45, 7) is 16.5. The molecule has 0 radical (unpaired) electrons. The van der Waals surface area contributed by atoms with E-state index < -0.39 is 29.5 Å². The number of aromatic nitrogens is 21. The highest BCUT2D eigenvalue weighted by atomic mass is 79.9. The lowest BCUT2D eigenvalue weighted by atomic mass is 10.0. The van der Waals surface area contributed by atoms with Crippen molar-refractivity contribution in [1.82, 2.24) is 104 Å². The molecule has 15 aromatic heterocycles. The molecule has 0 saturated carbocycles. The van der Waals surface area contributed by atoms with E-state index in [1.54, 1.807) is 122 Å². The maximum absolute atomic E-state index is 12.9. The zero-order chi connectivity index (χ0) is 103. The minimum atomic E-state index is -0.990. The number of carboxylic acid groups (broad SMARTS) is 1. The van der Waals surface area contributed by atoms with E-state index in [1.165, 1.54) is 25.6 Å². The third-order valence-electron chi connectivity index (χ3n) is 22.6. The van der Waals surface area contributed by atoms with E-state index in [1.807, 2.05) is 79.3 Å². The lowest BCUT2D eigenvalue weighted by Gasteiger charge is -2.21. The van der Waals surface area contributed by atoms with Crippen molar-refractivity contribution in [3.8, 4) is 23.5 Å². The number of aliphatic hydroxyl groups is 1. The Balaban J connectivity index is 0.000000148. The van der Waals surface area contributed by atoms with E-state index >= 15 is 0 Å². The Morgan fingerprint density at radius 3 is 1.12 bits per heavy atom. The average molecular weight is 2250 g/mol. The number of methoxy groups -OCH3 is 1. The molecule has 0 spiro atoms. The number of hydrogen-bond acceptors (Lipinski definition) is 32. The maximum Gasteiger partial charge on any atom is 0.412 e. The molecule has 144 heavy (non-hydrogen) atoms. The van der Waals surface area contributed by atoms with Gasteiger partial charge in [-0.25, -0.2) is 58.6 Å². The topological polar surface area (TPSA) is 523 Å². The third kappa shape index (κ3) is 32.5. The monoisotopic (exact) mass is 2240 g/mol. The van der Waals surface area contributed by atoms with Crippen LogP contribution in [0.4, 0.5) is 26.2 Å². The predicted octanol–water partition coefficient (Wildman–Crippen LogP) is 14.4. The van der Waals surface area contributed by atoms with Crippen LogP contribution in [0.5, 0.6) is 23.5 Å². The Hall–Kier alpha value is -12.9. The van der Waals surface area contributed by atoms with E-state index in [4.69, 9.17) is 63.3 Å². The number of nitrogens with zero attached hydrogens (tertiary/aromatic N) is 19. The van der Waals surface area contributed by atoms with Gasteiger partial charge in [0.15, 0.2) is 44.6 Å². The van der Waals surface area contributed by atoms with Crippen molar-refractivity contribution in [3.05, 3.63) is 196 Å². The van der Waals surface area contributed by atoms with Gasteiger partial charge in [0.25, 0.3) is 40.5 Å². The molecule has 0 unspecified atom stereocenters. The zero-order valence-corrected chi connectivity index (χ0v) is 87.4. The fourth-order valence-corrected chi connectivity index (χ4v) is 16.1. The van der Waals surface area contributed by atoms with Crippen LogP contribution in [0.3, 0.4) is 0 Å². The molecule has 2 amide bonds. The minimum Gasteiger partial charge on any atom is -0.477 e. The summed E-state index contributed by atoms with van der Waals surface area (Å²) in [6.07, 6.45) is 23.9. The molecule has 20 rings (SSSR count). The van der Waals surface area contributed by atoms with Gasteiger partial charge in [0.2, 0.25) is 0 Å². The van der Waals surface area contributed by atoms with Gasteiger partial charge in [-0.1, -0.05) is 12.1 Å². The standard InChI is InChI=1S/C19H21N5O3.C18H26N4O4.C13H16BrN3O2.C13H18N4O2.C7H5BrFNO2.2C7H6BrN3O.C6H5NO2.C6H12O2/c1-24-16-10-14(22-18(25)15-4-2-3-7-20-15)11-21-17(16)19(23-24)27-12-13-5-8-26-9-6-13;1-18(2,3)26-17(23)20-13-9-14-15(19-10-13)16(21-22(14)4)25-11-12-5-7-24-8-6-12;2*1-17-11-6-10(14)7-15-12(11)13(16-17)19-8-9-2-4-18-5-3-9;1-12-7(11)6-5(9)2-4(8)3-10-6;2*1-11-5-2-4(8)3-9-6(5)7(12)10-11;8-6(9)5-3-1-2-4-7-5;7-5-6-1-3-8-4-2-6/h2-4,7,10-11,13H,5-6,8-9,12H2,1H3,(H,22,25);9-10,12H,5-8,11H2,1-4H3,(H,20,23);6-7,9H,2-5,8H2,1H3;6-7,9H,2-5,8,14H2,1H3;2-3H,1H3;2*2-3H,1H3,(H,10,12);1-4H,(H,8,9);6-7H,1-5H2. The fourth-order valence-electron chi connectivity index (χ4n) is 14.8. The Labute approximate surface area is 859 Å². The van der Waals surface area contributed by atoms with Gasteiger partial charge < -0.3 is 73.4 Å². The van der Waals surface area contributed by atoms with Crippen LogP contribution in [0.15, 0.2) is 162 Å². The highest BCUT2D eigenvalue weighted by Gasteiger charge is 2.26. The Morgan fingerprint density at radius 2 is 0.778 bits per heavy atom. The number of hydrogen-bond donors (Lipinski definition) is 7. The summed E-state index contributed by atoms with van der Waals surface area (Å²) in [5.41, 5.74) is 15.7. The smallest absolute Gasteiger partial charge is 0.412 e. The number of carbonyl (C=O) groups excluding carboxylic acids is 3. The second-order valence-electron chi connectivity index (χ2n) is 34.6. The number of esters is 1. The zero-order valence-electron chi connectivity index (χ0n) is 81.1. The number of aromatic carboxylic acids is 1. The number of carbonyl (C=O) groups is 4. The number of nitrogen functional groups attached to an aromatic ring is 1. The van der Waals surface area contributed by atoms with Crippen LogP contribution in [-0.4, -0.2) is 250 Å². The first-order chi connectivity index (χ1) is 69.2. The summed E-state index contributed by atoms with van der Waals surface area (Å²) in [5, 5.41) is 45.3. The summed E-state index contributed by atoms with van der Waals surface area (Å²) >= 11 is 13.0. The van der Waals surface area contributed by atoms with Gasteiger partial charge in [-0.3, -0.25) is 63.0 Å². The first kappa shape index (κ1) is 110. The van der Waals surface area contributed by atoms with Crippen molar-refractivity contribution in [2.24, 2.45) is 71.9 Å². The second-order valence-corrected chi connectivity index (χ2v) is 38.3. The van der Waals surface area contributed by atoms with Crippen molar-refractivity contribution in [2.75, 3.05) is 123 Å². The molecule has 5 saturated heterocycles. The third-order valence-corrected chi connectivity index (χ3v) is 24.4. The Morgan fingerprint density at radius 1 is 0.444 bits per heavy atom. The van der Waals surface area contributed by atoms with E-state index in [0.29, 0.717) is 135 Å². The number of rotatable bonds is 18. The first-order valence-corrected chi connectivity index (χ1v) is 49.3. The van der Waals surface area contributed by atoms with Crippen LogP contribution < -0.4 is 46.4 Å². The highest BCUT2D eigenvalue weighted by Crippen LogP contribution is 2.33. The lowest BCUT2D eigenvalue weighted by Crippen LogP contribution is -2.27. The predicted molar refractivity (Wildman–Crippen MR) is 547 cm³/mol. The summed E-state index contributed by atoms with van der Waals surface area (Å²) in [6, 6.07) is 22.3. The molecule has 0 bridgehead atoms. The van der Waals surface area contributed by atoms with Gasteiger partial charge in [-0.05, 0) is 245 Å². The SMILES string of the molecule is COC(=O)c1ncc(Br)cc1F.Cn1[nH]c(=O)c2ncc(Br)cc21.Cn1[nH]c(=O)c2ncc(Br)cc21.Cn1nc(OCC2CCOCC2)c2ncc(Br)cc21.Cn1nc(OCC2CCOCC2)c2ncc(N)cc21.Cn1nc(OCC2CCOCC2)c2ncc(NC(=O)OC(C)(C)C)cc21.Cn1nc(OCC2CCOCC2)c2ncc(NC(=O)c3ccccn3)cc21.O=C(O)c1ccccn1.OCC1CCOCC1. The number of aromatic amines is 2. The quantitative estimate of drug-likeness (QED) is 0.0392. The number of anilines is 3. The van der Waals surface area contributed by atoms with E-state index in [-0.39, 0.29) is 28.4 Å². The molecule has 43 nitrogen and oxygen atoms in total. The largest absolute Gasteiger partial charge is 0.477 e. The van der Waals surface area contributed by atoms with Crippen LogP contribution >= 0.6 is 63.7 Å². The number of nitrogens with one attached hydrogen (secondary N) is 4. The number of pyridine rings is 9. The van der Waals surface area contributed by atoms with E-state index in [2.05, 4.69) is 155 Å². The number of halogens is 5. The molecule has 8 N–H and O–H groups in total. The van der Waals surface area contributed by atoms with Crippen LogP contribution in [0.2, 0.25) is 0 Å². The number of H-pyrrole nitrogens is 2. The first-order valence-electron chi connectivity index (χ1n) is 46.1. The van der Waals surface area contributed by atoms with Crippen molar-refractivity contribution < 1.29 is 85.9 Å². The van der Waals surface area contributed by atoms with Gasteiger partial charge in [0.1, 0.15) is 17.0 Å². The molecule has 5 aliphatic heterocycles. The summed E-state index contributed by atoms with van der Waals surface area (Å²) in [7, 11) is 12.1. The molecule has 48 heteroatoms. The van der Waals surface area contributed by atoms with Crippen molar-refractivity contribution in [3.63, 3.8) is 0 Å². The van der Waals surface area contributed by atoms with Gasteiger partial charge in [-0.15, -0.1) is 20.4 Å². The van der Waals surface area contributed by atoms with Gasteiger partial charge in [-0.2, -0.15) is 0 Å². The lowest BCUT2D eigenvalue weighted by molar-refractivity contribution is 0.0455. The van der Waals surface area contributed by atoms with E-state index in [9.17, 15) is 33.2 Å². The second kappa shape index (κ2) is 54.1. The van der Waals surface area contributed by atoms with Crippen molar-refractivity contribution >= 4 is 171 Å².